The van der Waals surface area contributed by atoms with Gasteiger partial charge in [0.25, 0.3) is 0 Å². The van der Waals surface area contributed by atoms with Gasteiger partial charge in [0.1, 0.15) is 11.6 Å². The van der Waals surface area contributed by atoms with Crippen LogP contribution in [0, 0.1) is 11.6 Å². The number of benzene rings is 1. The first kappa shape index (κ1) is 12.9. The van der Waals surface area contributed by atoms with Crippen molar-refractivity contribution in [3.05, 3.63) is 35.4 Å². The van der Waals surface area contributed by atoms with E-state index in [2.05, 4.69) is 5.32 Å². The molecule has 0 bridgehead atoms. The highest BCUT2D eigenvalue weighted by Crippen LogP contribution is 2.19. The summed E-state index contributed by atoms with van der Waals surface area (Å²) in [4.78, 5) is 12.9. The summed E-state index contributed by atoms with van der Waals surface area (Å²) in [5.41, 5.74) is 0.0439. The zero-order chi connectivity index (χ0) is 13.1. The number of hydrogen-bond acceptors (Lipinski definition) is 3. The number of amides is 1. The maximum Gasteiger partial charge on any atom is 0.234 e. The number of nitrogens with one attached hydrogen (secondary N) is 1. The summed E-state index contributed by atoms with van der Waals surface area (Å²) in [5, 5.41) is 12.6. The molecule has 18 heavy (non-hydrogen) atoms. The summed E-state index contributed by atoms with van der Waals surface area (Å²) < 4.78 is 26.2. The van der Waals surface area contributed by atoms with Crippen LogP contribution in [0.3, 0.4) is 0 Å². The van der Waals surface area contributed by atoms with Crippen LogP contribution >= 0.6 is 0 Å². The molecule has 0 spiro atoms. The first-order chi connectivity index (χ1) is 8.56. The van der Waals surface area contributed by atoms with Crippen LogP contribution in [-0.4, -0.2) is 42.1 Å². The second-order valence-corrected chi connectivity index (χ2v) is 4.27. The van der Waals surface area contributed by atoms with E-state index in [-0.39, 0.29) is 24.6 Å². The molecule has 1 aromatic carbocycles. The van der Waals surface area contributed by atoms with Crippen molar-refractivity contribution >= 4 is 5.91 Å². The van der Waals surface area contributed by atoms with Gasteiger partial charge in [-0.3, -0.25) is 9.69 Å². The molecule has 1 aliphatic rings. The molecule has 0 radical (unpaired) electrons. The molecular formula is C12H14F2N2O2. The van der Waals surface area contributed by atoms with Crippen molar-refractivity contribution in [2.75, 3.05) is 26.2 Å². The normalized spacial score (nSPS) is 18.5. The fourth-order valence-electron chi connectivity index (χ4n) is 1.96. The highest BCUT2D eigenvalue weighted by molar-refractivity contribution is 5.78. The number of rotatable bonds is 3. The van der Waals surface area contributed by atoms with Gasteiger partial charge in [-0.05, 0) is 6.07 Å². The number of β-amino-alcohol motifs (C(OH)–C–C–N with tert-alkyl or cyclic N) is 1. The minimum atomic E-state index is -1.07. The molecule has 1 saturated heterocycles. The Hall–Kier alpha value is -1.53. The molecule has 2 N–H and O–H groups in total. The van der Waals surface area contributed by atoms with Gasteiger partial charge in [-0.25, -0.2) is 8.78 Å². The second-order valence-electron chi connectivity index (χ2n) is 4.27. The van der Waals surface area contributed by atoms with Crippen molar-refractivity contribution in [2.45, 2.75) is 6.10 Å². The van der Waals surface area contributed by atoms with Crippen LogP contribution in [0.2, 0.25) is 0 Å². The summed E-state index contributed by atoms with van der Waals surface area (Å²) in [7, 11) is 0. The molecule has 1 atom stereocenters. The fraction of sp³-hybridized carbons (Fsp3) is 0.417. The lowest BCUT2D eigenvalue weighted by Gasteiger charge is -2.28. The maximum absolute atomic E-state index is 13.4. The van der Waals surface area contributed by atoms with Gasteiger partial charge in [0.05, 0.1) is 12.6 Å². The lowest BCUT2D eigenvalue weighted by Crippen LogP contribution is -2.48. The summed E-state index contributed by atoms with van der Waals surface area (Å²) in [6.07, 6.45) is -1.07. The van der Waals surface area contributed by atoms with E-state index in [9.17, 15) is 18.7 Å². The highest BCUT2D eigenvalue weighted by Gasteiger charge is 2.21. The predicted molar refractivity (Wildman–Crippen MR) is 60.8 cm³/mol. The van der Waals surface area contributed by atoms with Crippen molar-refractivity contribution in [1.29, 1.82) is 0 Å². The lowest BCUT2D eigenvalue weighted by molar-refractivity contribution is -0.124. The fourth-order valence-corrected chi connectivity index (χ4v) is 1.96. The average Bonchev–Trinajstić information content (AvgIpc) is 2.28. The molecule has 0 aromatic heterocycles. The summed E-state index contributed by atoms with van der Waals surface area (Å²) in [6, 6.07) is 3.06. The molecule has 4 nitrogen and oxygen atoms in total. The first-order valence-corrected chi connectivity index (χ1v) is 5.68. The molecule has 1 amide bonds. The first-order valence-electron chi connectivity index (χ1n) is 5.68. The monoisotopic (exact) mass is 256 g/mol. The number of nitrogens with zero attached hydrogens (tertiary/aromatic N) is 1. The molecular weight excluding hydrogens is 242 g/mol. The molecule has 1 unspecified atom stereocenters. The largest absolute Gasteiger partial charge is 0.387 e. The minimum absolute atomic E-state index is 0.0439. The number of hydrogen-bond donors (Lipinski definition) is 2. The minimum Gasteiger partial charge on any atom is -0.387 e. The van der Waals surface area contributed by atoms with Crippen LogP contribution in [-0.2, 0) is 4.79 Å². The quantitative estimate of drug-likeness (QED) is 0.824. The summed E-state index contributed by atoms with van der Waals surface area (Å²) in [5.74, 6) is -1.57. The summed E-state index contributed by atoms with van der Waals surface area (Å²) >= 11 is 0. The lowest BCUT2D eigenvalue weighted by atomic mass is 10.1. The van der Waals surface area contributed by atoms with Crippen LogP contribution < -0.4 is 5.32 Å². The number of halogens is 2. The number of piperazine rings is 1. The Morgan fingerprint density at radius 1 is 1.44 bits per heavy atom. The Labute approximate surface area is 103 Å². The van der Waals surface area contributed by atoms with E-state index in [1.54, 1.807) is 4.90 Å². The molecule has 1 aromatic rings. The van der Waals surface area contributed by atoms with Gasteiger partial charge >= 0.3 is 0 Å². The topological polar surface area (TPSA) is 52.6 Å². The van der Waals surface area contributed by atoms with Crippen molar-refractivity contribution in [2.24, 2.45) is 0 Å². The number of aliphatic hydroxyl groups is 1. The molecule has 6 heteroatoms. The van der Waals surface area contributed by atoms with Crippen LogP contribution in [0.25, 0.3) is 0 Å². The van der Waals surface area contributed by atoms with E-state index in [1.165, 1.54) is 6.07 Å². The van der Waals surface area contributed by atoms with Crippen LogP contribution in [0.1, 0.15) is 11.7 Å². The Morgan fingerprint density at radius 3 is 2.89 bits per heavy atom. The predicted octanol–water partition coefficient (Wildman–Crippen LogP) is 0.430. The van der Waals surface area contributed by atoms with E-state index in [1.807, 2.05) is 0 Å². The number of carbonyl (C=O) groups is 1. The standard InChI is InChI=1S/C12H14F2N2O2/c13-8-1-2-9(10(14)5-8)11(17)6-16-4-3-15-12(18)7-16/h1-2,5,11,17H,3-4,6-7H2,(H,15,18). The zero-order valence-electron chi connectivity index (χ0n) is 9.70. The van der Waals surface area contributed by atoms with Crippen molar-refractivity contribution in [3.8, 4) is 0 Å². The van der Waals surface area contributed by atoms with Gasteiger partial charge < -0.3 is 10.4 Å². The van der Waals surface area contributed by atoms with Crippen molar-refractivity contribution in [1.82, 2.24) is 10.2 Å². The van der Waals surface area contributed by atoms with Gasteiger partial charge in [-0.1, -0.05) is 6.07 Å². The number of aliphatic hydroxyl groups excluding tert-OH is 1. The Bertz CT molecular complexity index is 454. The Kier molecular flexibility index (Phi) is 3.88. The molecule has 2 rings (SSSR count). The SMILES string of the molecule is O=C1CN(CC(O)c2ccc(F)cc2F)CCN1. The van der Waals surface area contributed by atoms with Gasteiger partial charge in [0, 0.05) is 31.3 Å². The zero-order valence-corrected chi connectivity index (χ0v) is 9.70. The van der Waals surface area contributed by atoms with Gasteiger partial charge in [-0.15, -0.1) is 0 Å². The highest BCUT2D eigenvalue weighted by atomic mass is 19.1. The average molecular weight is 256 g/mol. The second kappa shape index (κ2) is 5.41. The molecule has 1 heterocycles. The molecule has 1 aliphatic heterocycles. The molecule has 0 aliphatic carbocycles. The molecule has 98 valence electrons. The van der Waals surface area contributed by atoms with E-state index in [4.69, 9.17) is 0 Å². The van der Waals surface area contributed by atoms with E-state index < -0.39 is 17.7 Å². The van der Waals surface area contributed by atoms with Gasteiger partial charge in [0.15, 0.2) is 0 Å². The Morgan fingerprint density at radius 2 is 2.22 bits per heavy atom. The van der Waals surface area contributed by atoms with E-state index in [0.29, 0.717) is 13.1 Å². The number of carbonyl (C=O) groups excluding carboxylic acids is 1. The summed E-state index contributed by atoms with van der Waals surface area (Å²) in [6.45, 7) is 1.44. The van der Waals surface area contributed by atoms with Gasteiger partial charge in [-0.2, -0.15) is 0 Å². The van der Waals surface area contributed by atoms with Crippen LogP contribution in [0.5, 0.6) is 0 Å². The Balaban J connectivity index is 2.02. The third-order valence-corrected chi connectivity index (χ3v) is 2.87. The molecule has 0 saturated carbocycles. The van der Waals surface area contributed by atoms with Crippen molar-refractivity contribution in [3.63, 3.8) is 0 Å². The van der Waals surface area contributed by atoms with E-state index >= 15 is 0 Å². The van der Waals surface area contributed by atoms with E-state index in [0.717, 1.165) is 12.1 Å². The third kappa shape index (κ3) is 3.02. The molecule has 1 fully saturated rings. The van der Waals surface area contributed by atoms with Crippen LogP contribution in [0.4, 0.5) is 8.78 Å². The van der Waals surface area contributed by atoms with Crippen LogP contribution in [0.15, 0.2) is 18.2 Å². The van der Waals surface area contributed by atoms with Crippen molar-refractivity contribution < 1.29 is 18.7 Å². The smallest absolute Gasteiger partial charge is 0.234 e. The maximum atomic E-state index is 13.4. The van der Waals surface area contributed by atoms with Gasteiger partial charge in [0.2, 0.25) is 5.91 Å². The third-order valence-electron chi connectivity index (χ3n) is 2.87.